The number of nitriles is 1. The molecule has 3 heteroatoms. The van der Waals surface area contributed by atoms with Crippen molar-refractivity contribution in [3.05, 3.63) is 34.5 Å². The largest absolute Gasteiger partial charge is 0.317 e. The molecule has 2 aliphatic heterocycles. The molecule has 2 heterocycles. The molecule has 0 fully saturated rings. The van der Waals surface area contributed by atoms with Gasteiger partial charge in [-0.05, 0) is 5.41 Å². The van der Waals surface area contributed by atoms with Crippen LogP contribution in [0, 0.1) is 11.3 Å². The molecule has 0 unspecified atom stereocenters. The highest BCUT2D eigenvalue weighted by Gasteiger charge is 2.17. The average Bonchev–Trinajstić information content (AvgIpc) is 2.50. The van der Waals surface area contributed by atoms with Gasteiger partial charge in [0.1, 0.15) is 0 Å². The van der Waals surface area contributed by atoms with Crippen molar-refractivity contribution in [3.8, 4) is 6.07 Å². The predicted molar refractivity (Wildman–Crippen MR) is 45.0 cm³/mol. The van der Waals surface area contributed by atoms with Crippen LogP contribution in [0.3, 0.4) is 0 Å². The summed E-state index contributed by atoms with van der Waals surface area (Å²) in [5.41, 5.74) is 0.863. The minimum atomic E-state index is 0.775. The molecule has 0 saturated carbocycles. The molecule has 0 spiro atoms. The summed E-state index contributed by atoms with van der Waals surface area (Å²) in [5, 5.41) is 11.8. The molecule has 2 rings (SSSR count). The van der Waals surface area contributed by atoms with Crippen molar-refractivity contribution >= 4 is 11.8 Å². The molecule has 0 aromatic carbocycles. The van der Waals surface area contributed by atoms with Crippen molar-refractivity contribution in [2.45, 2.75) is 6.42 Å². The molecule has 0 aromatic rings. The molecule has 0 N–H and O–H groups in total. The van der Waals surface area contributed by atoms with Gasteiger partial charge in [0.2, 0.25) is 0 Å². The molecule has 0 aromatic heterocycles. The van der Waals surface area contributed by atoms with Gasteiger partial charge in [0.05, 0.1) is 16.7 Å². The monoisotopic (exact) mass is 162 g/mol. The van der Waals surface area contributed by atoms with Crippen LogP contribution in [0.1, 0.15) is 6.42 Å². The number of rotatable bonds is 0. The summed E-state index contributed by atoms with van der Waals surface area (Å²) in [6, 6.07) is 2.20. The zero-order valence-electron chi connectivity index (χ0n) is 5.82. The van der Waals surface area contributed by atoms with Crippen molar-refractivity contribution < 1.29 is 0 Å². The van der Waals surface area contributed by atoms with Crippen molar-refractivity contribution in [1.29, 1.82) is 5.26 Å². The lowest BCUT2D eigenvalue weighted by Crippen LogP contribution is -2.07. The first-order valence-electron chi connectivity index (χ1n) is 3.33. The number of fused-ring (bicyclic) bond motifs is 1. The summed E-state index contributed by atoms with van der Waals surface area (Å²) in [6.07, 6.45) is 6.73. The highest BCUT2D eigenvalue weighted by atomic mass is 32.2. The molecule has 54 valence electrons. The van der Waals surface area contributed by atoms with Gasteiger partial charge >= 0.3 is 0 Å². The Kier molecular flexibility index (Phi) is 1.48. The number of thioether (sulfide) groups is 1. The van der Waals surface area contributed by atoms with Crippen LogP contribution >= 0.6 is 11.8 Å². The van der Waals surface area contributed by atoms with Crippen molar-refractivity contribution in [2.24, 2.45) is 0 Å². The van der Waals surface area contributed by atoms with Gasteiger partial charge in [-0.25, -0.2) is 0 Å². The minimum absolute atomic E-state index is 0.775. The van der Waals surface area contributed by atoms with Crippen LogP contribution in [0.4, 0.5) is 0 Å². The maximum Gasteiger partial charge on any atom is 0.0978 e. The Hall–Kier alpha value is -1.14. The van der Waals surface area contributed by atoms with Crippen molar-refractivity contribution in [3.63, 3.8) is 0 Å². The summed E-state index contributed by atoms with van der Waals surface area (Å²) in [6.45, 7) is 0. The molecule has 0 bridgehead atoms. The summed E-state index contributed by atoms with van der Waals surface area (Å²) in [7, 11) is 0. The minimum Gasteiger partial charge on any atom is -0.317 e. The van der Waals surface area contributed by atoms with E-state index >= 15 is 0 Å². The van der Waals surface area contributed by atoms with E-state index < -0.39 is 0 Å². The third-order valence-electron chi connectivity index (χ3n) is 1.62. The Bertz CT molecular complexity index is 307. The molecule has 2 aliphatic rings. The lowest BCUT2D eigenvalue weighted by Gasteiger charge is -2.16. The number of nitrogens with zero attached hydrogens (tertiary/aromatic N) is 2. The van der Waals surface area contributed by atoms with Gasteiger partial charge < -0.3 is 4.90 Å². The number of hydrogen-bond acceptors (Lipinski definition) is 3. The van der Waals surface area contributed by atoms with E-state index in [-0.39, 0.29) is 0 Å². The van der Waals surface area contributed by atoms with E-state index in [1.165, 1.54) is 0 Å². The van der Waals surface area contributed by atoms with Crippen LogP contribution in [0.15, 0.2) is 34.5 Å². The maximum atomic E-state index is 8.73. The lowest BCUT2D eigenvalue weighted by atomic mass is 10.2. The summed E-state index contributed by atoms with van der Waals surface area (Å²) >= 11 is 1.61. The van der Waals surface area contributed by atoms with E-state index in [1.54, 1.807) is 11.8 Å². The van der Waals surface area contributed by atoms with Gasteiger partial charge in [-0.2, -0.15) is 5.26 Å². The van der Waals surface area contributed by atoms with Crippen molar-refractivity contribution in [1.82, 2.24) is 4.90 Å². The Morgan fingerprint density at radius 1 is 1.55 bits per heavy atom. The second-order valence-electron chi connectivity index (χ2n) is 2.29. The third-order valence-corrected chi connectivity index (χ3v) is 2.56. The molecule has 0 amide bonds. The number of hydrogen-bond donors (Lipinski definition) is 0. The van der Waals surface area contributed by atoms with Gasteiger partial charge in [-0.15, -0.1) is 0 Å². The fourth-order valence-corrected chi connectivity index (χ4v) is 1.93. The Morgan fingerprint density at radius 3 is 3.27 bits per heavy atom. The molecular formula is C8H6N2S. The highest BCUT2D eigenvalue weighted by molar-refractivity contribution is 8.06. The van der Waals surface area contributed by atoms with Crippen LogP contribution in [0.5, 0.6) is 0 Å². The molecule has 0 aliphatic carbocycles. The standard InChI is InChI=1S/C8H6N2S/c9-6-7-2-1-3-10-4-5-11-8(7)10/h1,3-5H,2H2. The summed E-state index contributed by atoms with van der Waals surface area (Å²) < 4.78 is 0. The maximum absolute atomic E-state index is 8.73. The van der Waals surface area contributed by atoms with Crippen molar-refractivity contribution in [2.75, 3.05) is 0 Å². The second kappa shape index (κ2) is 2.48. The highest BCUT2D eigenvalue weighted by Crippen LogP contribution is 2.35. The Balaban J connectivity index is 2.40. The first-order chi connectivity index (χ1) is 5.42. The SMILES string of the molecule is N#CC1=C2SC=CN2C=CC1. The molecule has 2 nitrogen and oxygen atoms in total. The molecule has 11 heavy (non-hydrogen) atoms. The van der Waals surface area contributed by atoms with Crippen LogP contribution in [-0.2, 0) is 0 Å². The van der Waals surface area contributed by atoms with E-state index in [4.69, 9.17) is 5.26 Å². The molecular weight excluding hydrogens is 156 g/mol. The summed E-state index contributed by atoms with van der Waals surface area (Å²) in [5.74, 6) is 0. The smallest absolute Gasteiger partial charge is 0.0978 e. The van der Waals surface area contributed by atoms with Gasteiger partial charge in [-0.3, -0.25) is 0 Å². The van der Waals surface area contributed by atoms with Crippen LogP contribution < -0.4 is 0 Å². The van der Waals surface area contributed by atoms with Crippen LogP contribution in [0.2, 0.25) is 0 Å². The Morgan fingerprint density at radius 2 is 2.45 bits per heavy atom. The quantitative estimate of drug-likeness (QED) is 0.546. The van der Waals surface area contributed by atoms with E-state index in [1.807, 2.05) is 28.8 Å². The first kappa shape index (κ1) is 6.56. The fourth-order valence-electron chi connectivity index (χ4n) is 1.10. The predicted octanol–water partition coefficient (Wildman–Crippen LogP) is 2.16. The third kappa shape index (κ3) is 0.958. The van der Waals surface area contributed by atoms with Gasteiger partial charge in [-0.1, -0.05) is 17.8 Å². The van der Waals surface area contributed by atoms with E-state index in [2.05, 4.69) is 6.07 Å². The van der Waals surface area contributed by atoms with E-state index in [0.29, 0.717) is 0 Å². The lowest BCUT2D eigenvalue weighted by molar-refractivity contribution is 0.662. The second-order valence-corrected chi connectivity index (χ2v) is 3.19. The first-order valence-corrected chi connectivity index (χ1v) is 4.21. The normalized spacial score (nSPS) is 20.5. The zero-order chi connectivity index (χ0) is 7.68. The Labute approximate surface area is 69.5 Å². The van der Waals surface area contributed by atoms with Crippen LogP contribution in [-0.4, -0.2) is 4.90 Å². The summed E-state index contributed by atoms with van der Waals surface area (Å²) in [4.78, 5) is 1.98. The molecule has 0 atom stereocenters. The molecule has 0 radical (unpaired) electrons. The topological polar surface area (TPSA) is 27.0 Å². The molecule has 0 saturated heterocycles. The van der Waals surface area contributed by atoms with E-state index in [0.717, 1.165) is 17.0 Å². The van der Waals surface area contributed by atoms with Gasteiger partial charge in [0, 0.05) is 18.8 Å². The zero-order valence-corrected chi connectivity index (χ0v) is 6.64. The van der Waals surface area contributed by atoms with Crippen LogP contribution in [0.25, 0.3) is 0 Å². The number of allylic oxidation sites excluding steroid dienone is 2. The fraction of sp³-hybridized carbons (Fsp3) is 0.125. The van der Waals surface area contributed by atoms with Gasteiger partial charge in [0.25, 0.3) is 0 Å². The van der Waals surface area contributed by atoms with E-state index in [9.17, 15) is 0 Å². The van der Waals surface area contributed by atoms with Gasteiger partial charge in [0.15, 0.2) is 0 Å². The average molecular weight is 162 g/mol.